The highest BCUT2D eigenvalue weighted by Gasteiger charge is 2.17. The Morgan fingerprint density at radius 1 is 1.05 bits per heavy atom. The van der Waals surface area contributed by atoms with Gasteiger partial charge in [0, 0.05) is 103 Å². The number of carbonyl (C=O) groups excluding carboxylic acids is 1. The summed E-state index contributed by atoms with van der Waals surface area (Å²) in [6.45, 7) is 8.93. The smallest absolute Gasteiger partial charge is 0.227 e. The summed E-state index contributed by atoms with van der Waals surface area (Å²) in [6.07, 6.45) is 4.48. The number of pyridine rings is 1. The highest BCUT2D eigenvalue weighted by molar-refractivity contribution is 5.72. The number of benzene rings is 1. The third-order valence-corrected chi connectivity index (χ3v) is 7.07. The standard InChI is InChI=1S/C29H40N8O2/c1-23(38)34(2)13-6-14-35(3)28-10-9-24(22-31-28)27-11-12-30-29(33-27)32-25-7-5-8-26(21-25)37-17-15-36(16-18-37)19-20-39-4/h5,7-12,21-22H,6,13-20H2,1-4H3,(H,30,32,33). The summed E-state index contributed by atoms with van der Waals surface area (Å²) in [6, 6.07) is 14.3. The number of ether oxygens (including phenoxy) is 1. The fourth-order valence-electron chi connectivity index (χ4n) is 4.52. The van der Waals surface area contributed by atoms with E-state index in [0.717, 1.165) is 81.6 Å². The van der Waals surface area contributed by atoms with Gasteiger partial charge >= 0.3 is 0 Å². The van der Waals surface area contributed by atoms with E-state index in [-0.39, 0.29) is 5.91 Å². The number of nitrogens with zero attached hydrogens (tertiary/aromatic N) is 7. The molecule has 39 heavy (non-hydrogen) atoms. The van der Waals surface area contributed by atoms with Crippen LogP contribution in [0.4, 0.5) is 23.1 Å². The molecule has 1 aliphatic rings. The molecule has 3 aromatic rings. The van der Waals surface area contributed by atoms with E-state index in [1.807, 2.05) is 44.6 Å². The second-order valence-corrected chi connectivity index (χ2v) is 9.88. The first-order valence-electron chi connectivity index (χ1n) is 13.5. The molecule has 0 radical (unpaired) electrons. The van der Waals surface area contributed by atoms with E-state index in [0.29, 0.717) is 5.95 Å². The summed E-state index contributed by atoms with van der Waals surface area (Å²) in [5.74, 6) is 1.51. The first-order valence-corrected chi connectivity index (χ1v) is 13.5. The summed E-state index contributed by atoms with van der Waals surface area (Å²) < 4.78 is 5.21. The van der Waals surface area contributed by atoms with Gasteiger partial charge in [0.25, 0.3) is 0 Å². The minimum absolute atomic E-state index is 0.0824. The zero-order valence-electron chi connectivity index (χ0n) is 23.5. The Morgan fingerprint density at radius 2 is 1.87 bits per heavy atom. The molecule has 0 aliphatic carbocycles. The Hall–Kier alpha value is -3.76. The van der Waals surface area contributed by atoms with E-state index in [1.54, 1.807) is 25.1 Å². The molecule has 10 heteroatoms. The molecule has 0 unspecified atom stereocenters. The maximum Gasteiger partial charge on any atom is 0.227 e. The van der Waals surface area contributed by atoms with Crippen LogP contribution in [0.2, 0.25) is 0 Å². The Labute approximate surface area is 231 Å². The zero-order chi connectivity index (χ0) is 27.6. The van der Waals surface area contributed by atoms with Crippen LogP contribution in [0.15, 0.2) is 54.9 Å². The maximum absolute atomic E-state index is 11.4. The Kier molecular flexibility index (Phi) is 10.0. The van der Waals surface area contributed by atoms with Gasteiger partial charge in [-0.05, 0) is 42.8 Å². The molecule has 3 heterocycles. The number of methoxy groups -OCH3 is 1. The van der Waals surface area contributed by atoms with Gasteiger partial charge in [-0.1, -0.05) is 6.07 Å². The van der Waals surface area contributed by atoms with Crippen LogP contribution in [0.5, 0.6) is 0 Å². The second-order valence-electron chi connectivity index (χ2n) is 9.88. The SMILES string of the molecule is COCCN1CCN(c2cccc(Nc3nccc(-c4ccc(N(C)CCCN(C)C(C)=O)nc4)n3)c2)CC1. The van der Waals surface area contributed by atoms with Gasteiger partial charge in [-0.2, -0.15) is 0 Å². The zero-order valence-corrected chi connectivity index (χ0v) is 23.5. The van der Waals surface area contributed by atoms with Gasteiger partial charge in [0.05, 0.1) is 12.3 Å². The van der Waals surface area contributed by atoms with Crippen molar-refractivity contribution in [3.63, 3.8) is 0 Å². The Balaban J connectivity index is 1.34. The number of hydrogen-bond donors (Lipinski definition) is 1. The molecular formula is C29H40N8O2. The molecule has 0 bridgehead atoms. The van der Waals surface area contributed by atoms with Crippen LogP contribution < -0.4 is 15.1 Å². The van der Waals surface area contributed by atoms with Crippen LogP contribution in [0.25, 0.3) is 11.3 Å². The molecular weight excluding hydrogens is 492 g/mol. The third kappa shape index (κ3) is 8.11. The number of rotatable bonds is 12. The van der Waals surface area contributed by atoms with Gasteiger partial charge in [-0.3, -0.25) is 9.69 Å². The predicted molar refractivity (Wildman–Crippen MR) is 157 cm³/mol. The third-order valence-electron chi connectivity index (χ3n) is 7.07. The molecule has 1 amide bonds. The van der Waals surface area contributed by atoms with E-state index >= 15 is 0 Å². The molecule has 1 N–H and O–H groups in total. The van der Waals surface area contributed by atoms with Crippen LogP contribution in [0.1, 0.15) is 13.3 Å². The van der Waals surface area contributed by atoms with Gasteiger partial charge in [0.15, 0.2) is 0 Å². The molecule has 208 valence electrons. The molecule has 0 spiro atoms. The fraction of sp³-hybridized carbons (Fsp3) is 0.448. The molecule has 2 aromatic heterocycles. The Morgan fingerprint density at radius 3 is 2.59 bits per heavy atom. The van der Waals surface area contributed by atoms with E-state index in [1.165, 1.54) is 5.69 Å². The number of hydrogen-bond acceptors (Lipinski definition) is 9. The van der Waals surface area contributed by atoms with Crippen molar-refractivity contribution >= 4 is 29.0 Å². The lowest BCUT2D eigenvalue weighted by molar-refractivity contribution is -0.127. The van der Waals surface area contributed by atoms with Crippen LogP contribution in [-0.4, -0.2) is 104 Å². The van der Waals surface area contributed by atoms with Gasteiger partial charge in [-0.25, -0.2) is 15.0 Å². The first-order chi connectivity index (χ1) is 18.9. The lowest BCUT2D eigenvalue weighted by Crippen LogP contribution is -2.47. The van der Waals surface area contributed by atoms with E-state index in [9.17, 15) is 4.79 Å². The van der Waals surface area contributed by atoms with Gasteiger partial charge in [-0.15, -0.1) is 0 Å². The predicted octanol–water partition coefficient (Wildman–Crippen LogP) is 3.36. The minimum atomic E-state index is 0.0824. The lowest BCUT2D eigenvalue weighted by atomic mass is 10.2. The van der Waals surface area contributed by atoms with Crippen LogP contribution >= 0.6 is 0 Å². The number of carbonyl (C=O) groups is 1. The molecule has 10 nitrogen and oxygen atoms in total. The topological polar surface area (TPSA) is 90.0 Å². The van der Waals surface area contributed by atoms with E-state index < -0.39 is 0 Å². The van der Waals surface area contributed by atoms with Crippen molar-refractivity contribution in [2.75, 3.05) is 88.7 Å². The van der Waals surface area contributed by atoms with Crippen molar-refractivity contribution < 1.29 is 9.53 Å². The maximum atomic E-state index is 11.4. The van der Waals surface area contributed by atoms with Crippen molar-refractivity contribution in [2.24, 2.45) is 0 Å². The summed E-state index contributed by atoms with van der Waals surface area (Å²) in [4.78, 5) is 33.9. The summed E-state index contributed by atoms with van der Waals surface area (Å²) in [5.41, 5.74) is 3.88. The Bertz CT molecular complexity index is 1200. The molecule has 1 saturated heterocycles. The van der Waals surface area contributed by atoms with E-state index in [2.05, 4.69) is 48.2 Å². The highest BCUT2D eigenvalue weighted by atomic mass is 16.5. The number of nitrogens with one attached hydrogen (secondary N) is 1. The number of aromatic nitrogens is 3. The summed E-state index contributed by atoms with van der Waals surface area (Å²) in [5, 5.41) is 3.37. The van der Waals surface area contributed by atoms with E-state index in [4.69, 9.17) is 9.72 Å². The largest absolute Gasteiger partial charge is 0.383 e. The average Bonchev–Trinajstić information content (AvgIpc) is 2.96. The highest BCUT2D eigenvalue weighted by Crippen LogP contribution is 2.24. The molecule has 0 atom stereocenters. The quantitative estimate of drug-likeness (QED) is 0.377. The second kappa shape index (κ2) is 13.9. The number of piperazine rings is 1. The minimum Gasteiger partial charge on any atom is -0.383 e. The molecule has 1 fully saturated rings. The molecule has 4 rings (SSSR count). The normalized spacial score (nSPS) is 13.8. The van der Waals surface area contributed by atoms with Crippen LogP contribution in [0.3, 0.4) is 0 Å². The molecule has 0 saturated carbocycles. The first kappa shape index (κ1) is 28.3. The van der Waals surface area contributed by atoms with Gasteiger partial charge in [0.2, 0.25) is 11.9 Å². The van der Waals surface area contributed by atoms with Crippen LogP contribution in [0, 0.1) is 0 Å². The average molecular weight is 533 g/mol. The summed E-state index contributed by atoms with van der Waals surface area (Å²) in [7, 11) is 5.59. The van der Waals surface area contributed by atoms with Gasteiger partial charge < -0.3 is 24.8 Å². The van der Waals surface area contributed by atoms with Crippen molar-refractivity contribution in [2.45, 2.75) is 13.3 Å². The van der Waals surface area contributed by atoms with Gasteiger partial charge in [0.1, 0.15) is 5.82 Å². The van der Waals surface area contributed by atoms with Crippen molar-refractivity contribution in [1.29, 1.82) is 0 Å². The monoisotopic (exact) mass is 532 g/mol. The number of amides is 1. The van der Waals surface area contributed by atoms with Crippen LogP contribution in [-0.2, 0) is 9.53 Å². The fourth-order valence-corrected chi connectivity index (χ4v) is 4.52. The van der Waals surface area contributed by atoms with Crippen molar-refractivity contribution in [3.05, 3.63) is 54.9 Å². The molecule has 1 aliphatic heterocycles. The number of anilines is 4. The lowest BCUT2D eigenvalue weighted by Gasteiger charge is -2.36. The van der Waals surface area contributed by atoms with Crippen molar-refractivity contribution in [3.8, 4) is 11.3 Å². The van der Waals surface area contributed by atoms with Crippen molar-refractivity contribution in [1.82, 2.24) is 24.8 Å². The molecule has 1 aromatic carbocycles. The summed E-state index contributed by atoms with van der Waals surface area (Å²) >= 11 is 0.